The van der Waals surface area contributed by atoms with Gasteiger partial charge < -0.3 is 10.4 Å². The molecule has 3 saturated carbocycles. The highest BCUT2D eigenvalue weighted by Crippen LogP contribution is 2.74. The third kappa shape index (κ3) is 4.10. The molecular formula is C35H48N2O5. The van der Waals surface area contributed by atoms with Crippen molar-refractivity contribution in [1.29, 1.82) is 5.26 Å². The maximum Gasteiger partial charge on any atom is 0.303 e. The Balaban J connectivity index is 1.59. The van der Waals surface area contributed by atoms with E-state index < -0.39 is 22.2 Å². The minimum Gasteiger partial charge on any atom is -0.481 e. The van der Waals surface area contributed by atoms with Crippen molar-refractivity contribution in [2.45, 2.75) is 106 Å². The first-order valence-electron chi connectivity index (χ1n) is 15.8. The summed E-state index contributed by atoms with van der Waals surface area (Å²) in [5.41, 5.74) is -1.37. The normalized spacial score (nSPS) is 41.5. The molecule has 5 aliphatic rings. The molecule has 0 bridgehead atoms. The van der Waals surface area contributed by atoms with Crippen LogP contribution in [0, 0.1) is 61.6 Å². The molecular weight excluding hydrogens is 528 g/mol. The van der Waals surface area contributed by atoms with Crippen molar-refractivity contribution in [2.75, 3.05) is 6.54 Å². The van der Waals surface area contributed by atoms with Gasteiger partial charge in [-0.1, -0.05) is 60.1 Å². The van der Waals surface area contributed by atoms with Crippen molar-refractivity contribution < 1.29 is 24.3 Å². The number of carbonyl (C=O) groups is 4. The van der Waals surface area contributed by atoms with Gasteiger partial charge in [0, 0.05) is 29.7 Å². The largest absolute Gasteiger partial charge is 0.481 e. The van der Waals surface area contributed by atoms with E-state index in [4.69, 9.17) is 5.11 Å². The maximum absolute atomic E-state index is 14.6. The fourth-order valence-corrected chi connectivity index (χ4v) is 10.6. The number of allylic oxidation sites excluding steroid dienone is 4. The predicted octanol–water partition coefficient (Wildman–Crippen LogP) is 6.19. The van der Waals surface area contributed by atoms with Gasteiger partial charge in [-0.05, 0) is 85.5 Å². The van der Waals surface area contributed by atoms with Gasteiger partial charge >= 0.3 is 5.97 Å². The molecule has 0 spiro atoms. The predicted molar refractivity (Wildman–Crippen MR) is 159 cm³/mol. The summed E-state index contributed by atoms with van der Waals surface area (Å²) in [6, 6.07) is 2.17. The van der Waals surface area contributed by atoms with Gasteiger partial charge in [0.1, 0.15) is 6.07 Å². The highest BCUT2D eigenvalue weighted by molar-refractivity contribution is 6.04. The summed E-state index contributed by atoms with van der Waals surface area (Å²) in [6.07, 6.45) is 9.70. The number of aliphatic carboxylic acids is 1. The van der Waals surface area contributed by atoms with Crippen LogP contribution in [0.2, 0.25) is 0 Å². The molecule has 3 fully saturated rings. The molecule has 5 aliphatic carbocycles. The van der Waals surface area contributed by atoms with Crippen LogP contribution in [0.4, 0.5) is 0 Å². The van der Waals surface area contributed by atoms with E-state index in [0.717, 1.165) is 44.1 Å². The highest BCUT2D eigenvalue weighted by Gasteiger charge is 2.70. The number of rotatable bonds is 5. The van der Waals surface area contributed by atoms with Crippen LogP contribution in [0.5, 0.6) is 0 Å². The molecule has 2 N–H and O–H groups in total. The summed E-state index contributed by atoms with van der Waals surface area (Å²) >= 11 is 0. The Hall–Kier alpha value is -2.75. The summed E-state index contributed by atoms with van der Waals surface area (Å²) in [4.78, 5) is 52.9. The average Bonchev–Trinajstić information content (AvgIpc) is 2.89. The van der Waals surface area contributed by atoms with E-state index in [9.17, 15) is 24.4 Å². The number of hydrogen-bond acceptors (Lipinski definition) is 5. The van der Waals surface area contributed by atoms with Gasteiger partial charge in [0.25, 0.3) is 0 Å². The highest BCUT2D eigenvalue weighted by atomic mass is 16.4. The smallest absolute Gasteiger partial charge is 0.303 e. The number of fused-ring (bicyclic) bond motifs is 7. The summed E-state index contributed by atoms with van der Waals surface area (Å²) in [5.74, 6) is -1.34. The number of nitrogens with one attached hydrogen (secondary N) is 1. The number of ketones is 2. The SMILES string of the molecule is CC1(C)CC[C@]2(C(=O)NCCCC(=O)O)CC[C@]3(C)[C@H](C(=O)C=C4[C@@]5(C)C=C(C#N)C(=O)C(C)(C)[C@@H]5CC[C@]43C)[C@@H]2C1. The molecule has 5 rings (SSSR count). The lowest BCUT2D eigenvalue weighted by Gasteiger charge is -2.69. The summed E-state index contributed by atoms with van der Waals surface area (Å²) < 4.78 is 0. The van der Waals surface area contributed by atoms with Gasteiger partial charge in [-0.2, -0.15) is 5.26 Å². The van der Waals surface area contributed by atoms with Crippen LogP contribution in [0.15, 0.2) is 23.3 Å². The lowest BCUT2D eigenvalue weighted by Crippen LogP contribution is -2.66. The zero-order valence-electron chi connectivity index (χ0n) is 26.5. The number of carbonyl (C=O) groups excluding carboxylic acids is 3. The number of amides is 1. The molecule has 0 aromatic rings. The van der Waals surface area contributed by atoms with Crippen molar-refractivity contribution in [3.05, 3.63) is 23.3 Å². The second-order valence-electron chi connectivity index (χ2n) is 16.2. The Bertz CT molecular complexity index is 1350. The van der Waals surface area contributed by atoms with Crippen molar-refractivity contribution in [1.82, 2.24) is 5.32 Å². The molecule has 0 aliphatic heterocycles. The van der Waals surface area contributed by atoms with Gasteiger partial charge in [-0.15, -0.1) is 0 Å². The fraction of sp³-hybridized carbons (Fsp3) is 0.743. The molecule has 0 aromatic heterocycles. The summed E-state index contributed by atoms with van der Waals surface area (Å²) in [6.45, 7) is 15.4. The number of carboxylic acids is 1. The lowest BCUT2D eigenvalue weighted by molar-refractivity contribution is -0.178. The minimum atomic E-state index is -0.873. The fourth-order valence-electron chi connectivity index (χ4n) is 10.6. The lowest BCUT2D eigenvalue weighted by atomic mass is 9.34. The Kier molecular flexibility index (Phi) is 7.04. The maximum atomic E-state index is 14.6. The van der Waals surface area contributed by atoms with Crippen molar-refractivity contribution in [2.24, 2.45) is 50.2 Å². The van der Waals surface area contributed by atoms with Gasteiger partial charge in [-0.3, -0.25) is 19.2 Å². The third-order valence-corrected chi connectivity index (χ3v) is 13.2. The number of hydrogen-bond donors (Lipinski definition) is 2. The van der Waals surface area contributed by atoms with Gasteiger partial charge in [0.05, 0.1) is 11.0 Å². The molecule has 7 nitrogen and oxygen atoms in total. The van der Waals surface area contributed by atoms with Crippen LogP contribution in [0.1, 0.15) is 106 Å². The molecule has 0 unspecified atom stereocenters. The monoisotopic (exact) mass is 576 g/mol. The molecule has 0 radical (unpaired) electrons. The molecule has 0 saturated heterocycles. The van der Waals surface area contributed by atoms with E-state index in [1.165, 1.54) is 0 Å². The average molecular weight is 577 g/mol. The molecule has 0 heterocycles. The molecule has 7 heteroatoms. The van der Waals surface area contributed by atoms with Crippen molar-refractivity contribution in [3.63, 3.8) is 0 Å². The zero-order chi connectivity index (χ0) is 31.1. The molecule has 228 valence electrons. The second kappa shape index (κ2) is 9.63. The topological polar surface area (TPSA) is 124 Å². The van der Waals surface area contributed by atoms with E-state index in [2.05, 4.69) is 46.0 Å². The molecule has 1 amide bonds. The first-order valence-corrected chi connectivity index (χ1v) is 15.8. The van der Waals surface area contributed by atoms with Crippen LogP contribution in [-0.2, 0) is 19.2 Å². The first-order chi connectivity index (χ1) is 19.4. The molecule has 0 aromatic carbocycles. The summed E-state index contributed by atoms with van der Waals surface area (Å²) in [5, 5.41) is 22.0. The quantitative estimate of drug-likeness (QED) is 0.376. The van der Waals surface area contributed by atoms with Crippen molar-refractivity contribution >= 4 is 23.4 Å². The van der Waals surface area contributed by atoms with Crippen LogP contribution in [0.3, 0.4) is 0 Å². The van der Waals surface area contributed by atoms with E-state index in [1.807, 2.05) is 26.0 Å². The molecule has 7 atom stereocenters. The Morgan fingerprint density at radius 1 is 1.02 bits per heavy atom. The van der Waals surface area contributed by atoms with E-state index in [-0.39, 0.29) is 63.5 Å². The minimum absolute atomic E-state index is 0.00299. The number of nitrogens with zero attached hydrogens (tertiary/aromatic N) is 1. The third-order valence-electron chi connectivity index (χ3n) is 13.2. The summed E-state index contributed by atoms with van der Waals surface area (Å²) in [7, 11) is 0. The number of carboxylic acid groups (broad SMARTS) is 1. The Morgan fingerprint density at radius 2 is 1.69 bits per heavy atom. The second-order valence-corrected chi connectivity index (χ2v) is 16.2. The zero-order valence-corrected chi connectivity index (χ0v) is 26.5. The van der Waals surface area contributed by atoms with Crippen LogP contribution in [0.25, 0.3) is 0 Å². The standard InChI is InChI=1S/C35H48N2O5/c1-30(2)12-14-35(29(42)37-16-8-9-26(39)40)15-13-34(7)27(22(35)19-30)23(38)17-25-32(5)18-21(20-36)28(41)31(3,4)24(32)10-11-33(25,34)6/h17-18,22,24,27H,8-16,19H2,1-7H3,(H,37,42)(H,39,40)/t22-,24-,27-,32-,33+,34+,35-/m0/s1. The molecule has 42 heavy (non-hydrogen) atoms. The van der Waals surface area contributed by atoms with Gasteiger partial charge in [0.15, 0.2) is 11.6 Å². The van der Waals surface area contributed by atoms with Crippen LogP contribution < -0.4 is 5.32 Å². The first kappa shape index (κ1) is 30.7. The van der Waals surface area contributed by atoms with E-state index in [1.54, 1.807) is 0 Å². The van der Waals surface area contributed by atoms with Gasteiger partial charge in [-0.25, -0.2) is 0 Å². The van der Waals surface area contributed by atoms with Crippen LogP contribution in [-0.4, -0.2) is 35.1 Å². The van der Waals surface area contributed by atoms with Crippen LogP contribution >= 0.6 is 0 Å². The van der Waals surface area contributed by atoms with E-state index >= 15 is 0 Å². The number of Topliss-reactive ketones (excluding diaryl/α,β-unsaturated/α-hetero) is 1. The Labute approximate surface area is 250 Å². The van der Waals surface area contributed by atoms with Crippen molar-refractivity contribution in [3.8, 4) is 6.07 Å². The Morgan fingerprint density at radius 3 is 2.33 bits per heavy atom. The number of nitriles is 1. The van der Waals surface area contributed by atoms with E-state index in [0.29, 0.717) is 19.4 Å². The van der Waals surface area contributed by atoms with Gasteiger partial charge in [0.2, 0.25) is 5.91 Å².